The summed E-state index contributed by atoms with van der Waals surface area (Å²) in [4.78, 5) is 39.5. The number of urea groups is 1. The highest BCUT2D eigenvalue weighted by molar-refractivity contribution is 6.09. The van der Waals surface area contributed by atoms with Crippen LogP contribution in [0.4, 0.5) is 9.18 Å². The van der Waals surface area contributed by atoms with E-state index in [1.165, 1.54) is 25.1 Å². The van der Waals surface area contributed by atoms with Crippen molar-refractivity contribution in [1.29, 1.82) is 0 Å². The van der Waals surface area contributed by atoms with Crippen LogP contribution in [0.3, 0.4) is 0 Å². The largest absolute Gasteiger partial charge is 0.341 e. The van der Waals surface area contributed by atoms with Gasteiger partial charge in [0.1, 0.15) is 17.9 Å². The van der Waals surface area contributed by atoms with E-state index in [4.69, 9.17) is 0 Å². The zero-order chi connectivity index (χ0) is 16.6. The van der Waals surface area contributed by atoms with Crippen LogP contribution in [0.25, 0.3) is 0 Å². The number of nitrogens with one attached hydrogen (secondary N) is 1. The molecule has 0 aromatic heterocycles. The SMILES string of the molecule is C[C@@]1(c2ccccc2F)NC(=O)N(CC(=O)N2CCCC2)C1=O. The number of benzene rings is 1. The molecule has 1 N–H and O–H groups in total. The summed E-state index contributed by atoms with van der Waals surface area (Å²) < 4.78 is 14.0. The molecule has 0 aliphatic carbocycles. The van der Waals surface area contributed by atoms with Gasteiger partial charge in [-0.1, -0.05) is 18.2 Å². The second kappa shape index (κ2) is 5.64. The predicted octanol–water partition coefficient (Wildman–Crippen LogP) is 1.22. The molecule has 7 heteroatoms. The maximum absolute atomic E-state index is 14.0. The highest BCUT2D eigenvalue weighted by atomic mass is 19.1. The Morgan fingerprint density at radius 3 is 2.57 bits per heavy atom. The summed E-state index contributed by atoms with van der Waals surface area (Å²) >= 11 is 0. The van der Waals surface area contributed by atoms with Crippen LogP contribution >= 0.6 is 0 Å². The van der Waals surface area contributed by atoms with Gasteiger partial charge in [-0.05, 0) is 25.8 Å². The summed E-state index contributed by atoms with van der Waals surface area (Å²) in [5.74, 6) is -1.44. The van der Waals surface area contributed by atoms with Crippen molar-refractivity contribution in [2.45, 2.75) is 25.3 Å². The third-order valence-electron chi connectivity index (χ3n) is 4.44. The highest BCUT2D eigenvalue weighted by Crippen LogP contribution is 2.30. The van der Waals surface area contributed by atoms with Crippen molar-refractivity contribution in [2.75, 3.05) is 19.6 Å². The van der Waals surface area contributed by atoms with E-state index in [1.807, 2.05) is 0 Å². The summed E-state index contributed by atoms with van der Waals surface area (Å²) in [5.41, 5.74) is -1.40. The number of carbonyl (C=O) groups excluding carboxylic acids is 3. The standard InChI is InChI=1S/C16H18FN3O3/c1-16(11-6-2-3-7-12(11)17)14(22)20(15(23)18-16)10-13(21)19-8-4-5-9-19/h2-3,6-7H,4-5,8-10H2,1H3,(H,18,23)/t16-/m0/s1. The first-order chi connectivity index (χ1) is 10.9. The summed E-state index contributed by atoms with van der Waals surface area (Å²) in [6.45, 7) is 2.43. The number of likely N-dealkylation sites (tertiary alicyclic amines) is 1. The molecule has 0 spiro atoms. The first-order valence-corrected chi connectivity index (χ1v) is 7.60. The van der Waals surface area contributed by atoms with E-state index in [9.17, 15) is 18.8 Å². The average molecular weight is 319 g/mol. The lowest BCUT2D eigenvalue weighted by molar-refractivity contribution is -0.138. The molecule has 1 atom stereocenters. The quantitative estimate of drug-likeness (QED) is 0.852. The molecule has 6 nitrogen and oxygen atoms in total. The van der Waals surface area contributed by atoms with Crippen molar-refractivity contribution in [3.05, 3.63) is 35.6 Å². The molecule has 1 aromatic carbocycles. The molecular formula is C16H18FN3O3. The molecule has 0 radical (unpaired) electrons. The molecule has 2 aliphatic heterocycles. The minimum Gasteiger partial charge on any atom is -0.341 e. The topological polar surface area (TPSA) is 69.7 Å². The molecule has 0 saturated carbocycles. The zero-order valence-corrected chi connectivity index (χ0v) is 12.8. The Morgan fingerprint density at radius 2 is 1.91 bits per heavy atom. The molecule has 4 amide bonds. The van der Waals surface area contributed by atoms with Gasteiger partial charge in [-0.25, -0.2) is 9.18 Å². The number of halogens is 1. The molecule has 3 rings (SSSR count). The van der Waals surface area contributed by atoms with Gasteiger partial charge in [0.15, 0.2) is 0 Å². The van der Waals surface area contributed by atoms with Crippen molar-refractivity contribution in [2.24, 2.45) is 0 Å². The summed E-state index contributed by atoms with van der Waals surface area (Å²) in [7, 11) is 0. The molecule has 0 unspecified atom stereocenters. The minimum absolute atomic E-state index is 0.0921. The Balaban J connectivity index is 1.82. The summed E-state index contributed by atoms with van der Waals surface area (Å²) in [5, 5.41) is 2.51. The normalized spacial score (nSPS) is 24.3. The van der Waals surface area contributed by atoms with Gasteiger partial charge in [0.2, 0.25) is 5.91 Å². The molecular weight excluding hydrogens is 301 g/mol. The number of imide groups is 1. The second-order valence-corrected chi connectivity index (χ2v) is 6.01. The van der Waals surface area contributed by atoms with Crippen molar-refractivity contribution in [3.8, 4) is 0 Å². The van der Waals surface area contributed by atoms with E-state index in [0.717, 1.165) is 17.7 Å². The van der Waals surface area contributed by atoms with Gasteiger partial charge >= 0.3 is 6.03 Å². The number of hydrogen-bond donors (Lipinski definition) is 1. The van der Waals surface area contributed by atoms with Crippen LogP contribution in [0.5, 0.6) is 0 Å². The fourth-order valence-electron chi connectivity index (χ4n) is 3.09. The van der Waals surface area contributed by atoms with E-state index < -0.39 is 23.3 Å². The Morgan fingerprint density at radius 1 is 1.26 bits per heavy atom. The number of hydrogen-bond acceptors (Lipinski definition) is 3. The predicted molar refractivity (Wildman–Crippen MR) is 79.8 cm³/mol. The third-order valence-corrected chi connectivity index (χ3v) is 4.44. The van der Waals surface area contributed by atoms with Crippen molar-refractivity contribution >= 4 is 17.8 Å². The highest BCUT2D eigenvalue weighted by Gasteiger charge is 2.50. The van der Waals surface area contributed by atoms with Gasteiger partial charge in [-0.2, -0.15) is 0 Å². The second-order valence-electron chi connectivity index (χ2n) is 6.01. The first-order valence-electron chi connectivity index (χ1n) is 7.60. The monoisotopic (exact) mass is 319 g/mol. The number of rotatable bonds is 3. The van der Waals surface area contributed by atoms with Crippen LogP contribution in [0.15, 0.2) is 24.3 Å². The summed E-state index contributed by atoms with van der Waals surface area (Å²) in [6, 6.07) is 5.13. The lowest BCUT2D eigenvalue weighted by Crippen LogP contribution is -2.44. The molecule has 2 aliphatic rings. The molecule has 122 valence electrons. The molecule has 2 fully saturated rings. The van der Waals surface area contributed by atoms with Crippen molar-refractivity contribution in [1.82, 2.24) is 15.1 Å². The van der Waals surface area contributed by atoms with Gasteiger partial charge in [-0.3, -0.25) is 14.5 Å². The third kappa shape index (κ3) is 2.56. The van der Waals surface area contributed by atoms with E-state index in [1.54, 1.807) is 11.0 Å². The Kier molecular flexibility index (Phi) is 3.79. The number of amides is 4. The van der Waals surface area contributed by atoms with E-state index in [-0.39, 0.29) is 18.0 Å². The first kappa shape index (κ1) is 15.5. The lowest BCUT2D eigenvalue weighted by atomic mass is 9.91. The van der Waals surface area contributed by atoms with Gasteiger partial charge in [0.05, 0.1) is 0 Å². The Labute approximate surface area is 133 Å². The zero-order valence-electron chi connectivity index (χ0n) is 12.8. The summed E-state index contributed by atoms with van der Waals surface area (Å²) in [6.07, 6.45) is 1.86. The van der Waals surface area contributed by atoms with Crippen LogP contribution < -0.4 is 5.32 Å². The Bertz CT molecular complexity index is 672. The van der Waals surface area contributed by atoms with Crippen LogP contribution in [-0.2, 0) is 15.1 Å². The molecule has 0 bridgehead atoms. The van der Waals surface area contributed by atoms with Crippen LogP contribution in [0, 0.1) is 5.82 Å². The van der Waals surface area contributed by atoms with E-state index in [0.29, 0.717) is 13.1 Å². The van der Waals surface area contributed by atoms with Gasteiger partial charge in [0.25, 0.3) is 5.91 Å². The van der Waals surface area contributed by atoms with Crippen LogP contribution in [0.2, 0.25) is 0 Å². The molecule has 2 heterocycles. The van der Waals surface area contributed by atoms with E-state index in [2.05, 4.69) is 5.32 Å². The van der Waals surface area contributed by atoms with Crippen LogP contribution in [0.1, 0.15) is 25.3 Å². The number of carbonyl (C=O) groups is 3. The van der Waals surface area contributed by atoms with Gasteiger partial charge in [-0.15, -0.1) is 0 Å². The fourth-order valence-corrected chi connectivity index (χ4v) is 3.09. The van der Waals surface area contributed by atoms with Crippen molar-refractivity contribution in [3.63, 3.8) is 0 Å². The lowest BCUT2D eigenvalue weighted by Gasteiger charge is -2.23. The maximum Gasteiger partial charge on any atom is 0.325 e. The average Bonchev–Trinajstić information content (AvgIpc) is 3.12. The van der Waals surface area contributed by atoms with Crippen LogP contribution in [-0.4, -0.2) is 47.3 Å². The minimum atomic E-state index is -1.49. The number of nitrogens with zero attached hydrogens (tertiary/aromatic N) is 2. The molecule has 1 aromatic rings. The fraction of sp³-hybridized carbons (Fsp3) is 0.438. The van der Waals surface area contributed by atoms with Crippen molar-refractivity contribution < 1.29 is 18.8 Å². The van der Waals surface area contributed by atoms with Gasteiger partial charge < -0.3 is 10.2 Å². The smallest absolute Gasteiger partial charge is 0.325 e. The molecule has 2 saturated heterocycles. The van der Waals surface area contributed by atoms with Gasteiger partial charge in [0, 0.05) is 18.7 Å². The Hall–Kier alpha value is -2.44. The molecule has 23 heavy (non-hydrogen) atoms. The van der Waals surface area contributed by atoms with E-state index >= 15 is 0 Å². The maximum atomic E-state index is 14.0.